The zero-order valence-electron chi connectivity index (χ0n) is 20.9. The number of esters is 1. The van der Waals surface area contributed by atoms with Gasteiger partial charge in [-0.3, -0.25) is 14.5 Å². The highest BCUT2D eigenvalue weighted by molar-refractivity contribution is 6.20. The van der Waals surface area contributed by atoms with Crippen LogP contribution in [0.1, 0.15) is 64.2 Å². The Morgan fingerprint density at radius 3 is 2.08 bits per heavy atom. The van der Waals surface area contributed by atoms with Crippen molar-refractivity contribution < 1.29 is 24.2 Å². The number of aromatic nitrogens is 1. The van der Waals surface area contributed by atoms with Crippen molar-refractivity contribution in [2.75, 3.05) is 12.0 Å². The van der Waals surface area contributed by atoms with Gasteiger partial charge in [-0.1, -0.05) is 74.9 Å². The number of carbonyl (C=O) groups is 3. The van der Waals surface area contributed by atoms with Crippen LogP contribution in [0.4, 0.5) is 5.82 Å². The molecule has 0 saturated carbocycles. The third-order valence-electron chi connectivity index (χ3n) is 6.27. The first-order valence-electron chi connectivity index (χ1n) is 11.6. The van der Waals surface area contributed by atoms with Gasteiger partial charge in [0.25, 0.3) is 5.91 Å². The number of aryl methyl sites for hydroxylation is 1. The number of rotatable bonds is 5. The number of pyridine rings is 1. The molecule has 1 N–H and O–H groups in total. The number of methoxy groups -OCH3 is 1. The van der Waals surface area contributed by atoms with Crippen LogP contribution in [0, 0.1) is 6.92 Å². The quantitative estimate of drug-likeness (QED) is 0.392. The van der Waals surface area contributed by atoms with E-state index < -0.39 is 29.5 Å². The van der Waals surface area contributed by atoms with Crippen LogP contribution in [0.2, 0.25) is 0 Å². The lowest BCUT2D eigenvalue weighted by atomic mass is 9.85. The van der Waals surface area contributed by atoms with Gasteiger partial charge < -0.3 is 9.84 Å². The lowest BCUT2D eigenvalue weighted by molar-refractivity contribution is -0.117. The number of benzene rings is 2. The van der Waals surface area contributed by atoms with Crippen LogP contribution in [0.15, 0.2) is 78.2 Å². The van der Waals surface area contributed by atoms with Crippen molar-refractivity contribution in [2.24, 2.45) is 0 Å². The molecule has 0 saturated heterocycles. The molecule has 1 aliphatic heterocycles. The van der Waals surface area contributed by atoms with Gasteiger partial charge in [0.1, 0.15) is 5.82 Å². The number of ketones is 1. The molecule has 4 rings (SSSR count). The van der Waals surface area contributed by atoms with E-state index >= 15 is 0 Å². The van der Waals surface area contributed by atoms with Crippen LogP contribution >= 0.6 is 0 Å². The third kappa shape index (κ3) is 4.52. The van der Waals surface area contributed by atoms with E-state index in [9.17, 15) is 19.5 Å². The minimum absolute atomic E-state index is 0.0220. The van der Waals surface area contributed by atoms with Crippen molar-refractivity contribution in [3.8, 4) is 0 Å². The Morgan fingerprint density at radius 2 is 1.56 bits per heavy atom. The number of Topliss-reactive ketones (excluding diaryl/α,β-unsaturated/α-hetero) is 1. The first kappa shape index (κ1) is 24.9. The lowest BCUT2D eigenvalue weighted by Gasteiger charge is -2.27. The van der Waals surface area contributed by atoms with E-state index in [-0.39, 0.29) is 22.4 Å². The molecule has 1 aliphatic rings. The summed E-state index contributed by atoms with van der Waals surface area (Å²) in [5.41, 5.74) is 3.18. The van der Waals surface area contributed by atoms with Gasteiger partial charge in [0.2, 0.25) is 0 Å². The highest BCUT2D eigenvalue weighted by atomic mass is 16.5. The van der Waals surface area contributed by atoms with Gasteiger partial charge >= 0.3 is 5.97 Å². The predicted octanol–water partition coefficient (Wildman–Crippen LogP) is 5.26. The maximum Gasteiger partial charge on any atom is 0.339 e. The number of amides is 1. The number of nitrogens with zero attached hydrogens (tertiary/aromatic N) is 2. The first-order chi connectivity index (χ1) is 17.0. The van der Waals surface area contributed by atoms with Crippen molar-refractivity contribution in [3.05, 3.63) is 106 Å². The standard InChI is InChI=1S/C29H28N2O5/c1-17-6-8-19(9-7-17)25(32)23-24(18-10-13-21(14-11-18)29(2,3)4)31(27(34)26(23)33)22-15-12-20(16-30-22)28(35)36-5/h6-16,24,33H,1-5H3. The number of hydrogen-bond donors (Lipinski definition) is 1. The van der Waals surface area contributed by atoms with Crippen molar-refractivity contribution in [1.29, 1.82) is 0 Å². The highest BCUT2D eigenvalue weighted by Gasteiger charge is 2.45. The van der Waals surface area contributed by atoms with E-state index in [1.807, 2.05) is 31.2 Å². The summed E-state index contributed by atoms with van der Waals surface area (Å²) in [5.74, 6) is -2.18. The summed E-state index contributed by atoms with van der Waals surface area (Å²) in [6, 6.07) is 16.7. The minimum atomic E-state index is -0.906. The molecule has 3 aromatic rings. The Bertz CT molecular complexity index is 1350. The second kappa shape index (κ2) is 9.41. The average molecular weight is 485 g/mol. The van der Waals surface area contributed by atoms with E-state index in [4.69, 9.17) is 4.74 Å². The summed E-state index contributed by atoms with van der Waals surface area (Å²) in [7, 11) is 1.27. The van der Waals surface area contributed by atoms with Gasteiger partial charge in [-0.25, -0.2) is 9.78 Å². The van der Waals surface area contributed by atoms with E-state index in [0.717, 1.165) is 11.1 Å². The number of aliphatic hydroxyl groups is 1. The first-order valence-corrected chi connectivity index (χ1v) is 11.6. The molecule has 7 heteroatoms. The Labute approximate surface area is 210 Å². The summed E-state index contributed by atoms with van der Waals surface area (Å²) in [5, 5.41) is 10.9. The summed E-state index contributed by atoms with van der Waals surface area (Å²) in [6.07, 6.45) is 1.30. The number of anilines is 1. The Balaban J connectivity index is 1.84. The van der Waals surface area contributed by atoms with E-state index in [1.165, 1.54) is 30.3 Å². The average Bonchev–Trinajstić information content (AvgIpc) is 3.13. The van der Waals surface area contributed by atoms with Crippen LogP contribution in [-0.4, -0.2) is 34.9 Å². The molecule has 0 fully saturated rings. The molecule has 0 spiro atoms. The maximum absolute atomic E-state index is 13.6. The molecule has 184 valence electrons. The maximum atomic E-state index is 13.6. The Kier molecular flexibility index (Phi) is 6.50. The summed E-state index contributed by atoms with van der Waals surface area (Å²) in [4.78, 5) is 44.3. The van der Waals surface area contributed by atoms with Crippen LogP contribution in [0.5, 0.6) is 0 Å². The van der Waals surface area contributed by atoms with Gasteiger partial charge in [-0.15, -0.1) is 0 Å². The van der Waals surface area contributed by atoms with Crippen molar-refractivity contribution in [2.45, 2.75) is 39.2 Å². The highest BCUT2D eigenvalue weighted by Crippen LogP contribution is 2.41. The largest absolute Gasteiger partial charge is 0.503 e. The van der Waals surface area contributed by atoms with E-state index in [2.05, 4.69) is 25.8 Å². The molecule has 0 aliphatic carbocycles. The molecule has 2 heterocycles. The predicted molar refractivity (Wildman–Crippen MR) is 136 cm³/mol. The fraction of sp³-hybridized carbons (Fsp3) is 0.241. The number of hydrogen-bond acceptors (Lipinski definition) is 6. The van der Waals surface area contributed by atoms with E-state index in [1.54, 1.807) is 24.3 Å². The zero-order valence-corrected chi connectivity index (χ0v) is 20.9. The molecule has 1 aromatic heterocycles. The monoisotopic (exact) mass is 484 g/mol. The van der Waals surface area contributed by atoms with Crippen molar-refractivity contribution in [1.82, 2.24) is 4.98 Å². The van der Waals surface area contributed by atoms with Crippen LogP contribution in [0.25, 0.3) is 0 Å². The molecule has 7 nitrogen and oxygen atoms in total. The second-order valence-electron chi connectivity index (χ2n) is 9.80. The van der Waals surface area contributed by atoms with Gasteiger partial charge in [0.05, 0.1) is 24.3 Å². The topological polar surface area (TPSA) is 96.8 Å². The molecule has 1 unspecified atom stereocenters. The summed E-state index contributed by atoms with van der Waals surface area (Å²) < 4.78 is 4.72. The fourth-order valence-corrected chi connectivity index (χ4v) is 4.18. The Hall–Kier alpha value is -4.26. The molecule has 1 atom stereocenters. The summed E-state index contributed by atoms with van der Waals surface area (Å²) >= 11 is 0. The van der Waals surface area contributed by atoms with Crippen LogP contribution in [-0.2, 0) is 14.9 Å². The molecular weight excluding hydrogens is 456 g/mol. The number of ether oxygens (including phenoxy) is 1. The Morgan fingerprint density at radius 1 is 0.944 bits per heavy atom. The molecule has 36 heavy (non-hydrogen) atoms. The van der Waals surface area contributed by atoms with Gasteiger partial charge in [-0.2, -0.15) is 0 Å². The molecule has 0 radical (unpaired) electrons. The fourth-order valence-electron chi connectivity index (χ4n) is 4.18. The molecule has 1 amide bonds. The third-order valence-corrected chi connectivity index (χ3v) is 6.27. The molecule has 0 bridgehead atoms. The van der Waals surface area contributed by atoms with Crippen molar-refractivity contribution in [3.63, 3.8) is 0 Å². The van der Waals surface area contributed by atoms with Gasteiger partial charge in [0.15, 0.2) is 11.5 Å². The van der Waals surface area contributed by atoms with Crippen LogP contribution in [0.3, 0.4) is 0 Å². The van der Waals surface area contributed by atoms with Crippen molar-refractivity contribution >= 4 is 23.5 Å². The minimum Gasteiger partial charge on any atom is -0.503 e. The second-order valence-corrected chi connectivity index (χ2v) is 9.80. The lowest BCUT2D eigenvalue weighted by Crippen LogP contribution is -2.32. The normalized spacial score (nSPS) is 15.9. The SMILES string of the molecule is COC(=O)c1ccc(N2C(=O)C(O)=C(C(=O)c3ccc(C)cc3)C2c2ccc(C(C)(C)C)cc2)nc1. The van der Waals surface area contributed by atoms with E-state index in [0.29, 0.717) is 11.1 Å². The molecule has 2 aromatic carbocycles. The summed E-state index contributed by atoms with van der Waals surface area (Å²) in [6.45, 7) is 8.20. The smallest absolute Gasteiger partial charge is 0.339 e. The van der Waals surface area contributed by atoms with Crippen LogP contribution < -0.4 is 4.90 Å². The zero-order chi connectivity index (χ0) is 26.2. The number of carbonyl (C=O) groups excluding carboxylic acids is 3. The van der Waals surface area contributed by atoms with Gasteiger partial charge in [0, 0.05) is 11.8 Å². The number of aliphatic hydroxyl groups excluding tert-OH is 1. The van der Waals surface area contributed by atoms with Gasteiger partial charge in [-0.05, 0) is 35.6 Å². The molecular formula is C29H28N2O5.